The second kappa shape index (κ2) is 7.11. The van der Waals surface area contributed by atoms with Gasteiger partial charge in [0.2, 0.25) is 10.0 Å². The number of hydrogen-bond acceptors (Lipinski definition) is 6. The molecular weight excluding hydrogens is 314 g/mol. The van der Waals surface area contributed by atoms with E-state index < -0.39 is 10.0 Å². The van der Waals surface area contributed by atoms with Crippen molar-refractivity contribution in [3.05, 3.63) is 18.3 Å². The van der Waals surface area contributed by atoms with Gasteiger partial charge in [-0.05, 0) is 37.3 Å². The number of aromatic nitrogens is 2. The van der Waals surface area contributed by atoms with Crippen LogP contribution >= 0.6 is 0 Å². The van der Waals surface area contributed by atoms with Crippen molar-refractivity contribution < 1.29 is 8.42 Å². The van der Waals surface area contributed by atoms with E-state index in [1.54, 1.807) is 10.5 Å². The van der Waals surface area contributed by atoms with Crippen molar-refractivity contribution in [2.75, 3.05) is 44.3 Å². The van der Waals surface area contributed by atoms with E-state index in [2.05, 4.69) is 20.4 Å². The highest BCUT2D eigenvalue weighted by molar-refractivity contribution is 7.88. The van der Waals surface area contributed by atoms with Crippen LogP contribution in [0.25, 0.3) is 0 Å². The maximum Gasteiger partial charge on any atom is 0.211 e. The minimum absolute atomic E-state index is 0.444. The lowest BCUT2D eigenvalue weighted by molar-refractivity contribution is 0.191. The Labute approximate surface area is 138 Å². The lowest BCUT2D eigenvalue weighted by Gasteiger charge is -2.33. The van der Waals surface area contributed by atoms with Gasteiger partial charge in [-0.3, -0.25) is 0 Å². The van der Waals surface area contributed by atoms with Crippen LogP contribution in [-0.4, -0.2) is 72.8 Å². The second-order valence-electron chi connectivity index (χ2n) is 6.60. The lowest BCUT2D eigenvalue weighted by Crippen LogP contribution is -2.42. The van der Waals surface area contributed by atoms with Crippen LogP contribution in [0.2, 0.25) is 0 Å². The number of nitrogens with one attached hydrogen (secondary N) is 1. The van der Waals surface area contributed by atoms with Gasteiger partial charge in [0.05, 0.1) is 6.26 Å². The van der Waals surface area contributed by atoms with Gasteiger partial charge in [-0.25, -0.2) is 12.7 Å². The fourth-order valence-electron chi connectivity index (χ4n) is 3.46. The van der Waals surface area contributed by atoms with Gasteiger partial charge in [0.1, 0.15) is 5.82 Å². The van der Waals surface area contributed by atoms with Crippen LogP contribution in [0, 0.1) is 5.92 Å². The highest BCUT2D eigenvalue weighted by Crippen LogP contribution is 2.22. The second-order valence-corrected chi connectivity index (χ2v) is 8.59. The summed E-state index contributed by atoms with van der Waals surface area (Å²) in [6.45, 7) is 4.45. The molecule has 1 atom stereocenters. The first kappa shape index (κ1) is 16.6. The molecule has 2 aliphatic rings. The van der Waals surface area contributed by atoms with Crippen LogP contribution in [0.15, 0.2) is 18.3 Å². The Kier molecular flexibility index (Phi) is 5.13. The molecular formula is C15H25N5O2S. The third kappa shape index (κ3) is 4.62. The van der Waals surface area contributed by atoms with Crippen LogP contribution < -0.4 is 5.32 Å². The number of likely N-dealkylation sites (tertiary alicyclic amines) is 1. The number of anilines is 1. The predicted molar refractivity (Wildman–Crippen MR) is 89.6 cm³/mol. The van der Waals surface area contributed by atoms with Gasteiger partial charge in [0.25, 0.3) is 0 Å². The molecule has 0 aliphatic carbocycles. The van der Waals surface area contributed by atoms with Crippen LogP contribution in [0.5, 0.6) is 0 Å². The summed E-state index contributed by atoms with van der Waals surface area (Å²) < 4.78 is 24.8. The third-order valence-electron chi connectivity index (χ3n) is 4.75. The number of hydrogen-bond donors (Lipinski definition) is 1. The summed E-state index contributed by atoms with van der Waals surface area (Å²) in [6, 6.07) is 4.27. The van der Waals surface area contributed by atoms with Gasteiger partial charge in [0, 0.05) is 45.0 Å². The number of rotatable bonds is 5. The molecule has 3 rings (SSSR count). The van der Waals surface area contributed by atoms with Gasteiger partial charge >= 0.3 is 0 Å². The van der Waals surface area contributed by atoms with E-state index in [1.165, 1.54) is 6.26 Å². The highest BCUT2D eigenvalue weighted by Gasteiger charge is 2.30. The van der Waals surface area contributed by atoms with Crippen molar-refractivity contribution in [3.8, 4) is 0 Å². The summed E-state index contributed by atoms with van der Waals surface area (Å²) in [6.07, 6.45) is 6.12. The Hall–Kier alpha value is -1.25. The summed E-state index contributed by atoms with van der Waals surface area (Å²) in [7, 11) is -3.03. The molecule has 1 aromatic rings. The van der Waals surface area contributed by atoms with Crippen molar-refractivity contribution in [2.45, 2.75) is 25.3 Å². The van der Waals surface area contributed by atoms with E-state index in [0.717, 1.165) is 44.7 Å². The molecule has 0 aromatic carbocycles. The molecule has 3 heterocycles. The Balaban J connectivity index is 1.41. The van der Waals surface area contributed by atoms with Crippen molar-refractivity contribution in [1.29, 1.82) is 0 Å². The molecule has 7 nitrogen and oxygen atoms in total. The van der Waals surface area contributed by atoms with Crippen LogP contribution in [-0.2, 0) is 10.0 Å². The lowest BCUT2D eigenvalue weighted by atomic mass is 10.0. The summed E-state index contributed by atoms with van der Waals surface area (Å²) in [5, 5.41) is 11.4. The van der Waals surface area contributed by atoms with Crippen LogP contribution in [0.4, 0.5) is 5.82 Å². The van der Waals surface area contributed by atoms with Crippen molar-refractivity contribution in [2.24, 2.45) is 5.92 Å². The van der Waals surface area contributed by atoms with Gasteiger partial charge in [0.15, 0.2) is 0 Å². The van der Waals surface area contributed by atoms with Gasteiger partial charge in [-0.1, -0.05) is 0 Å². The summed E-state index contributed by atoms with van der Waals surface area (Å²) >= 11 is 0. The molecule has 2 aliphatic heterocycles. The summed E-state index contributed by atoms with van der Waals surface area (Å²) in [5.41, 5.74) is 0. The summed E-state index contributed by atoms with van der Waals surface area (Å²) in [5.74, 6) is 1.31. The zero-order valence-electron chi connectivity index (χ0n) is 13.6. The number of sulfonamides is 1. The third-order valence-corrected chi connectivity index (χ3v) is 6.02. The Morgan fingerprint density at radius 2 is 2.04 bits per heavy atom. The maximum atomic E-state index is 11.6. The molecule has 2 saturated heterocycles. The number of piperidine rings is 1. The highest BCUT2D eigenvalue weighted by atomic mass is 32.2. The maximum absolute atomic E-state index is 11.6. The number of nitrogens with zero attached hydrogens (tertiary/aromatic N) is 4. The zero-order chi connectivity index (χ0) is 16.3. The monoisotopic (exact) mass is 339 g/mol. The van der Waals surface area contributed by atoms with Gasteiger partial charge < -0.3 is 10.2 Å². The standard InChI is InChI=1S/C15H25N5O2S/c1-23(21,22)20-10-4-13(12-20)11-19-8-5-14(6-9-19)17-15-3-2-7-16-18-15/h2-3,7,13-14H,4-6,8-12H2,1H3,(H,17,18). The molecule has 0 saturated carbocycles. The minimum atomic E-state index is -3.03. The summed E-state index contributed by atoms with van der Waals surface area (Å²) in [4.78, 5) is 2.46. The topological polar surface area (TPSA) is 78.4 Å². The van der Waals surface area contributed by atoms with Gasteiger partial charge in [-0.15, -0.1) is 5.10 Å². The fraction of sp³-hybridized carbons (Fsp3) is 0.733. The van der Waals surface area contributed by atoms with Crippen molar-refractivity contribution in [3.63, 3.8) is 0 Å². The zero-order valence-corrected chi connectivity index (χ0v) is 14.4. The molecule has 8 heteroatoms. The van der Waals surface area contributed by atoms with Crippen LogP contribution in [0.3, 0.4) is 0 Å². The smallest absolute Gasteiger partial charge is 0.211 e. The molecule has 1 aromatic heterocycles. The van der Waals surface area contributed by atoms with E-state index in [1.807, 2.05) is 12.1 Å². The molecule has 2 fully saturated rings. The first-order chi connectivity index (χ1) is 11.0. The fourth-order valence-corrected chi connectivity index (χ4v) is 4.38. The van der Waals surface area contributed by atoms with E-state index in [-0.39, 0.29) is 0 Å². The van der Waals surface area contributed by atoms with Gasteiger partial charge in [-0.2, -0.15) is 5.10 Å². The predicted octanol–water partition coefficient (Wildman–Crippen LogP) is 0.634. The molecule has 0 bridgehead atoms. The van der Waals surface area contributed by atoms with Crippen molar-refractivity contribution in [1.82, 2.24) is 19.4 Å². The van der Waals surface area contributed by atoms with E-state index in [0.29, 0.717) is 25.0 Å². The normalized spacial score (nSPS) is 24.8. The van der Waals surface area contributed by atoms with E-state index in [9.17, 15) is 8.42 Å². The van der Waals surface area contributed by atoms with E-state index >= 15 is 0 Å². The quantitative estimate of drug-likeness (QED) is 0.848. The van der Waals surface area contributed by atoms with Crippen molar-refractivity contribution >= 4 is 15.8 Å². The average Bonchev–Trinajstić information content (AvgIpc) is 2.99. The Bertz CT molecular complexity index is 602. The largest absolute Gasteiger partial charge is 0.366 e. The first-order valence-electron chi connectivity index (χ1n) is 8.22. The molecule has 23 heavy (non-hydrogen) atoms. The Morgan fingerprint density at radius 1 is 1.26 bits per heavy atom. The molecule has 128 valence electrons. The molecule has 1 N–H and O–H groups in total. The Morgan fingerprint density at radius 3 is 2.65 bits per heavy atom. The molecule has 0 amide bonds. The van der Waals surface area contributed by atoms with E-state index in [4.69, 9.17) is 0 Å². The molecule has 0 radical (unpaired) electrons. The molecule has 1 unspecified atom stereocenters. The van der Waals surface area contributed by atoms with Crippen LogP contribution in [0.1, 0.15) is 19.3 Å². The average molecular weight is 339 g/mol. The minimum Gasteiger partial charge on any atom is -0.366 e. The molecule has 0 spiro atoms. The first-order valence-corrected chi connectivity index (χ1v) is 10.1. The SMILES string of the molecule is CS(=O)(=O)N1CCC(CN2CCC(Nc3cccnn3)CC2)C1.